The van der Waals surface area contributed by atoms with Crippen LogP contribution < -0.4 is 5.32 Å². The van der Waals surface area contributed by atoms with Crippen molar-refractivity contribution in [2.45, 2.75) is 40.0 Å². The van der Waals surface area contributed by atoms with Crippen LogP contribution in [0.5, 0.6) is 0 Å². The third kappa shape index (κ3) is 13.6. The van der Waals surface area contributed by atoms with Crippen LogP contribution in [0.3, 0.4) is 0 Å². The van der Waals surface area contributed by atoms with Crippen LogP contribution in [0.1, 0.15) is 40.0 Å². The Hall–Kier alpha value is -0.990. The molecular formula is C11H23NO2. The SMILES string of the molecule is C=CCOC(=O)NCCCCC.CC. The average molecular weight is 201 g/mol. The van der Waals surface area contributed by atoms with E-state index in [1.165, 1.54) is 0 Å². The smallest absolute Gasteiger partial charge is 0.407 e. The van der Waals surface area contributed by atoms with E-state index in [1.54, 1.807) is 6.08 Å². The lowest BCUT2D eigenvalue weighted by Gasteiger charge is -2.03. The first-order valence-corrected chi connectivity index (χ1v) is 5.32. The number of nitrogens with one attached hydrogen (secondary N) is 1. The molecule has 0 radical (unpaired) electrons. The summed E-state index contributed by atoms with van der Waals surface area (Å²) in [5, 5.41) is 2.64. The lowest BCUT2D eigenvalue weighted by molar-refractivity contribution is 0.158. The van der Waals surface area contributed by atoms with Crippen molar-refractivity contribution in [3.63, 3.8) is 0 Å². The van der Waals surface area contributed by atoms with Crippen molar-refractivity contribution in [3.05, 3.63) is 12.7 Å². The Bertz CT molecular complexity index is 135. The third-order valence-electron chi connectivity index (χ3n) is 1.38. The van der Waals surface area contributed by atoms with Gasteiger partial charge < -0.3 is 10.1 Å². The molecule has 14 heavy (non-hydrogen) atoms. The first kappa shape index (κ1) is 15.5. The van der Waals surface area contributed by atoms with Crippen LogP contribution in [0, 0.1) is 0 Å². The van der Waals surface area contributed by atoms with E-state index in [4.69, 9.17) is 4.74 Å². The fourth-order valence-electron chi connectivity index (χ4n) is 0.751. The van der Waals surface area contributed by atoms with E-state index >= 15 is 0 Å². The molecule has 0 aromatic heterocycles. The summed E-state index contributed by atoms with van der Waals surface area (Å²) in [4.78, 5) is 10.8. The largest absolute Gasteiger partial charge is 0.445 e. The molecule has 0 aromatic rings. The van der Waals surface area contributed by atoms with Crippen molar-refractivity contribution in [1.29, 1.82) is 0 Å². The van der Waals surface area contributed by atoms with E-state index in [2.05, 4.69) is 18.8 Å². The highest BCUT2D eigenvalue weighted by molar-refractivity contribution is 5.67. The number of hydrogen-bond donors (Lipinski definition) is 1. The van der Waals surface area contributed by atoms with Gasteiger partial charge >= 0.3 is 6.09 Å². The second-order valence-corrected chi connectivity index (χ2v) is 2.52. The number of carbonyl (C=O) groups is 1. The zero-order valence-electron chi connectivity index (χ0n) is 9.64. The molecule has 3 heteroatoms. The first-order chi connectivity index (χ1) is 6.81. The Kier molecular flexibility index (Phi) is 16.1. The maximum atomic E-state index is 10.8. The fourth-order valence-corrected chi connectivity index (χ4v) is 0.751. The summed E-state index contributed by atoms with van der Waals surface area (Å²) in [6.45, 7) is 10.5. The van der Waals surface area contributed by atoms with Gasteiger partial charge in [0, 0.05) is 6.54 Å². The van der Waals surface area contributed by atoms with Crippen LogP contribution in [0.2, 0.25) is 0 Å². The molecule has 0 fully saturated rings. The van der Waals surface area contributed by atoms with Crippen molar-refractivity contribution in [2.24, 2.45) is 0 Å². The molecule has 0 saturated carbocycles. The molecule has 84 valence electrons. The summed E-state index contributed by atoms with van der Waals surface area (Å²) >= 11 is 0. The van der Waals surface area contributed by atoms with Crippen LogP contribution in [0.4, 0.5) is 4.79 Å². The minimum Gasteiger partial charge on any atom is -0.445 e. The van der Waals surface area contributed by atoms with E-state index < -0.39 is 0 Å². The van der Waals surface area contributed by atoms with Gasteiger partial charge in [-0.3, -0.25) is 0 Å². The third-order valence-corrected chi connectivity index (χ3v) is 1.38. The molecule has 0 aliphatic heterocycles. The van der Waals surface area contributed by atoms with Crippen LogP contribution in [-0.4, -0.2) is 19.2 Å². The Morgan fingerprint density at radius 3 is 2.57 bits per heavy atom. The molecule has 1 N–H and O–H groups in total. The monoisotopic (exact) mass is 201 g/mol. The highest BCUT2D eigenvalue weighted by Gasteiger charge is 1.97. The van der Waals surface area contributed by atoms with E-state index in [9.17, 15) is 4.79 Å². The predicted molar refractivity (Wildman–Crippen MR) is 60.4 cm³/mol. The Labute approximate surface area is 87.5 Å². The molecule has 0 saturated heterocycles. The standard InChI is InChI=1S/C9H17NO2.C2H6/c1-3-5-6-7-10-9(11)12-8-4-2;1-2/h4H,2-3,5-8H2,1H3,(H,10,11);1-2H3. The molecule has 0 bridgehead atoms. The van der Waals surface area contributed by atoms with Gasteiger partial charge in [0.15, 0.2) is 0 Å². The first-order valence-electron chi connectivity index (χ1n) is 5.32. The molecule has 0 heterocycles. The maximum absolute atomic E-state index is 10.8. The average Bonchev–Trinajstić information content (AvgIpc) is 2.24. The van der Waals surface area contributed by atoms with E-state index in [-0.39, 0.29) is 12.7 Å². The number of amides is 1. The molecule has 0 rings (SSSR count). The summed E-state index contributed by atoms with van der Waals surface area (Å²) in [6.07, 6.45) is 4.50. The van der Waals surface area contributed by atoms with Crippen molar-refractivity contribution < 1.29 is 9.53 Å². The molecule has 1 amide bonds. The van der Waals surface area contributed by atoms with Crippen molar-refractivity contribution in [1.82, 2.24) is 5.32 Å². The quantitative estimate of drug-likeness (QED) is 0.529. The highest BCUT2D eigenvalue weighted by Crippen LogP contribution is 1.91. The number of alkyl carbamates (subject to hydrolysis) is 1. The van der Waals surface area contributed by atoms with Gasteiger partial charge in [-0.25, -0.2) is 4.79 Å². The van der Waals surface area contributed by atoms with Crippen LogP contribution in [0.25, 0.3) is 0 Å². The summed E-state index contributed by atoms with van der Waals surface area (Å²) in [7, 11) is 0. The van der Waals surface area contributed by atoms with E-state index in [1.807, 2.05) is 13.8 Å². The van der Waals surface area contributed by atoms with Gasteiger partial charge in [-0.1, -0.05) is 46.3 Å². The molecule has 0 aliphatic rings. The molecule has 0 aliphatic carbocycles. The molecular weight excluding hydrogens is 178 g/mol. The number of ether oxygens (including phenoxy) is 1. The molecule has 0 atom stereocenters. The normalized spacial score (nSPS) is 8.21. The van der Waals surface area contributed by atoms with Crippen molar-refractivity contribution in [3.8, 4) is 0 Å². The summed E-state index contributed by atoms with van der Waals surface area (Å²) < 4.78 is 4.70. The topological polar surface area (TPSA) is 38.3 Å². The minimum atomic E-state index is -0.356. The summed E-state index contributed by atoms with van der Waals surface area (Å²) in [5.74, 6) is 0. The van der Waals surface area contributed by atoms with Crippen LogP contribution in [0.15, 0.2) is 12.7 Å². The lowest BCUT2D eigenvalue weighted by atomic mass is 10.2. The van der Waals surface area contributed by atoms with Gasteiger partial charge in [0.1, 0.15) is 6.61 Å². The molecule has 0 unspecified atom stereocenters. The predicted octanol–water partition coefficient (Wildman–Crippen LogP) is 3.12. The van der Waals surface area contributed by atoms with Crippen molar-refractivity contribution >= 4 is 6.09 Å². The van der Waals surface area contributed by atoms with Gasteiger partial charge in [-0.2, -0.15) is 0 Å². The molecule has 0 spiro atoms. The van der Waals surface area contributed by atoms with Gasteiger partial charge in [0.05, 0.1) is 0 Å². The summed E-state index contributed by atoms with van der Waals surface area (Å²) in [5.41, 5.74) is 0. The Morgan fingerprint density at radius 2 is 2.07 bits per heavy atom. The van der Waals surface area contributed by atoms with Crippen LogP contribution >= 0.6 is 0 Å². The second kappa shape index (κ2) is 14.5. The van der Waals surface area contributed by atoms with Crippen molar-refractivity contribution in [2.75, 3.05) is 13.2 Å². The highest BCUT2D eigenvalue weighted by atomic mass is 16.5. The number of carbonyl (C=O) groups excluding carboxylic acids is 1. The molecule has 3 nitrogen and oxygen atoms in total. The van der Waals surface area contributed by atoms with E-state index in [0.717, 1.165) is 19.3 Å². The van der Waals surface area contributed by atoms with Gasteiger partial charge in [-0.05, 0) is 6.42 Å². The zero-order valence-corrected chi connectivity index (χ0v) is 9.64. The van der Waals surface area contributed by atoms with Crippen LogP contribution in [-0.2, 0) is 4.74 Å². The Morgan fingerprint density at radius 1 is 1.43 bits per heavy atom. The second-order valence-electron chi connectivity index (χ2n) is 2.52. The van der Waals surface area contributed by atoms with Gasteiger partial charge in [-0.15, -0.1) is 0 Å². The minimum absolute atomic E-state index is 0.277. The number of hydrogen-bond acceptors (Lipinski definition) is 2. The Balaban J connectivity index is 0. The zero-order chi connectivity index (χ0) is 11.2. The number of rotatable bonds is 6. The lowest BCUT2D eigenvalue weighted by Crippen LogP contribution is -2.25. The van der Waals surface area contributed by atoms with E-state index in [0.29, 0.717) is 6.54 Å². The van der Waals surface area contributed by atoms with Gasteiger partial charge in [0.25, 0.3) is 0 Å². The maximum Gasteiger partial charge on any atom is 0.407 e. The van der Waals surface area contributed by atoms with Gasteiger partial charge in [0.2, 0.25) is 0 Å². The fraction of sp³-hybridized carbons (Fsp3) is 0.727. The molecule has 0 aromatic carbocycles. The summed E-state index contributed by atoms with van der Waals surface area (Å²) in [6, 6.07) is 0. The number of unbranched alkanes of at least 4 members (excludes halogenated alkanes) is 2.